The summed E-state index contributed by atoms with van der Waals surface area (Å²) < 4.78 is 6.63. The van der Waals surface area contributed by atoms with Crippen molar-refractivity contribution in [2.45, 2.75) is 6.92 Å². The number of imidazole rings is 1. The Kier molecular flexibility index (Phi) is 4.38. The molecule has 0 bridgehead atoms. The molecule has 2 aromatic carbocycles. The van der Waals surface area contributed by atoms with E-state index in [1.54, 1.807) is 38.4 Å². The molecule has 0 saturated heterocycles. The number of rotatable bonds is 3. The second-order valence-electron chi connectivity index (χ2n) is 6.23. The third-order valence-corrected chi connectivity index (χ3v) is 4.94. The zero-order chi connectivity index (χ0) is 19.8. The third kappa shape index (κ3) is 2.73. The summed E-state index contributed by atoms with van der Waals surface area (Å²) in [6, 6.07) is 14.7. The van der Waals surface area contributed by atoms with Crippen LogP contribution in [-0.4, -0.2) is 16.5 Å². The Hall–Kier alpha value is -3.56. The topological polar surface area (TPSA) is 79.4 Å². The van der Waals surface area contributed by atoms with Crippen LogP contribution >= 0.6 is 11.6 Å². The van der Waals surface area contributed by atoms with Crippen molar-refractivity contribution in [3.8, 4) is 11.8 Å². The van der Waals surface area contributed by atoms with Crippen LogP contribution in [0.5, 0.6) is 5.75 Å². The number of fused-ring (bicyclic) bond motifs is 3. The second-order valence-corrected chi connectivity index (χ2v) is 6.64. The van der Waals surface area contributed by atoms with Crippen LogP contribution in [0.3, 0.4) is 0 Å². The number of nitrogens with one attached hydrogen (secondary N) is 1. The molecule has 0 aliphatic rings. The van der Waals surface area contributed by atoms with Gasteiger partial charge in [0.2, 0.25) is 0 Å². The van der Waals surface area contributed by atoms with Crippen LogP contribution in [-0.2, 0) is 0 Å². The number of anilines is 1. The van der Waals surface area contributed by atoms with Gasteiger partial charge in [-0.2, -0.15) is 5.26 Å². The van der Waals surface area contributed by atoms with Crippen molar-refractivity contribution in [3.05, 3.63) is 74.2 Å². The number of hydrogen-bond acceptors (Lipinski definition) is 5. The zero-order valence-electron chi connectivity index (χ0n) is 15.2. The zero-order valence-corrected chi connectivity index (χ0v) is 15.9. The summed E-state index contributed by atoms with van der Waals surface area (Å²) >= 11 is 6.15. The molecule has 0 atom stereocenters. The van der Waals surface area contributed by atoms with Crippen LogP contribution in [0.1, 0.15) is 11.1 Å². The summed E-state index contributed by atoms with van der Waals surface area (Å²) in [5, 5.41) is 13.6. The first-order valence-corrected chi connectivity index (χ1v) is 8.87. The monoisotopic (exact) mass is 390 g/mol. The summed E-state index contributed by atoms with van der Waals surface area (Å²) in [6.45, 7) is 1.74. The van der Waals surface area contributed by atoms with E-state index in [0.29, 0.717) is 49.5 Å². The molecule has 0 aliphatic heterocycles. The highest BCUT2D eigenvalue weighted by Crippen LogP contribution is 2.27. The Bertz CT molecular complexity index is 1390. The van der Waals surface area contributed by atoms with E-state index in [1.165, 1.54) is 4.40 Å². The molecule has 28 heavy (non-hydrogen) atoms. The number of methoxy groups -OCH3 is 1. The van der Waals surface area contributed by atoms with Crippen LogP contribution in [0.15, 0.2) is 47.3 Å². The Morgan fingerprint density at radius 3 is 2.79 bits per heavy atom. The third-order valence-electron chi connectivity index (χ3n) is 4.64. The molecule has 138 valence electrons. The van der Waals surface area contributed by atoms with Crippen LogP contribution in [0.2, 0.25) is 5.02 Å². The number of nitrogens with zero attached hydrogens (tertiary/aromatic N) is 3. The Morgan fingerprint density at radius 1 is 1.29 bits per heavy atom. The first-order chi connectivity index (χ1) is 13.5. The van der Waals surface area contributed by atoms with Crippen molar-refractivity contribution in [2.75, 3.05) is 12.4 Å². The molecular weight excluding hydrogens is 376 g/mol. The molecule has 7 heteroatoms. The van der Waals surface area contributed by atoms with E-state index in [1.807, 2.05) is 24.3 Å². The maximum atomic E-state index is 13.2. The van der Waals surface area contributed by atoms with E-state index in [4.69, 9.17) is 16.3 Å². The largest absolute Gasteiger partial charge is 0.495 e. The first-order valence-electron chi connectivity index (χ1n) is 8.49. The van der Waals surface area contributed by atoms with Gasteiger partial charge >= 0.3 is 0 Å². The number of para-hydroxylation sites is 2. The van der Waals surface area contributed by atoms with Gasteiger partial charge < -0.3 is 10.1 Å². The highest BCUT2D eigenvalue weighted by molar-refractivity contribution is 6.32. The average molecular weight is 391 g/mol. The lowest BCUT2D eigenvalue weighted by molar-refractivity contribution is 0.415. The standard InChI is InChI=1S/C21H15ClN4O2/c1-12-14(10-23)20-25-17-5-3-4-6-18(17)26(20)21(27)15(12)11-24-13-7-8-19(28-2)16(22)9-13/h3-9,11,24H,1-2H3/b15-11+. The fraction of sp³-hybridized carbons (Fsp3) is 0.0952. The number of halogens is 1. The Morgan fingerprint density at radius 2 is 2.07 bits per heavy atom. The van der Waals surface area contributed by atoms with Gasteiger partial charge in [0.25, 0.3) is 5.56 Å². The van der Waals surface area contributed by atoms with Crippen molar-refractivity contribution in [1.82, 2.24) is 9.38 Å². The molecule has 1 N–H and O–H groups in total. The normalized spacial score (nSPS) is 11.7. The average Bonchev–Trinajstić information content (AvgIpc) is 3.07. The van der Waals surface area contributed by atoms with Crippen molar-refractivity contribution in [2.24, 2.45) is 0 Å². The van der Waals surface area contributed by atoms with Crippen LogP contribution in [0, 0.1) is 18.3 Å². The molecule has 0 unspecified atom stereocenters. The van der Waals surface area contributed by atoms with E-state index in [0.717, 1.165) is 0 Å². The van der Waals surface area contributed by atoms with E-state index >= 15 is 0 Å². The van der Waals surface area contributed by atoms with Gasteiger partial charge in [-0.1, -0.05) is 23.7 Å². The summed E-state index contributed by atoms with van der Waals surface area (Å²) in [5.41, 5.74) is 3.10. The lowest BCUT2D eigenvalue weighted by Crippen LogP contribution is -2.34. The molecule has 0 saturated carbocycles. The van der Waals surface area contributed by atoms with Crippen molar-refractivity contribution >= 4 is 40.2 Å². The molecule has 2 aromatic heterocycles. The van der Waals surface area contributed by atoms with Crippen molar-refractivity contribution < 1.29 is 4.74 Å². The van der Waals surface area contributed by atoms with Gasteiger partial charge in [0.05, 0.1) is 33.9 Å². The van der Waals surface area contributed by atoms with Gasteiger partial charge in [0.15, 0.2) is 5.65 Å². The number of ether oxygens (including phenoxy) is 1. The summed E-state index contributed by atoms with van der Waals surface area (Å²) in [5.74, 6) is 0.561. The minimum Gasteiger partial charge on any atom is -0.495 e. The summed E-state index contributed by atoms with van der Waals surface area (Å²) in [7, 11) is 1.54. The summed E-state index contributed by atoms with van der Waals surface area (Å²) in [6.07, 6.45) is 1.59. The Labute approximate surface area is 165 Å². The van der Waals surface area contributed by atoms with E-state index in [2.05, 4.69) is 16.4 Å². The molecule has 4 aromatic rings. The minimum absolute atomic E-state index is 0.243. The number of aromatic nitrogens is 2. The Balaban J connectivity index is 1.95. The van der Waals surface area contributed by atoms with E-state index in [-0.39, 0.29) is 5.56 Å². The molecule has 2 heterocycles. The van der Waals surface area contributed by atoms with Gasteiger partial charge in [0, 0.05) is 11.9 Å². The fourth-order valence-corrected chi connectivity index (χ4v) is 3.46. The first kappa shape index (κ1) is 17.8. The molecule has 0 amide bonds. The fourth-order valence-electron chi connectivity index (χ4n) is 3.20. The van der Waals surface area contributed by atoms with E-state index < -0.39 is 0 Å². The van der Waals surface area contributed by atoms with Gasteiger partial charge in [-0.3, -0.25) is 9.20 Å². The lowest BCUT2D eigenvalue weighted by Gasteiger charge is -2.07. The smallest absolute Gasteiger partial charge is 0.265 e. The number of hydrogen-bond donors (Lipinski definition) is 1. The number of benzene rings is 2. The van der Waals surface area contributed by atoms with Crippen LogP contribution in [0.25, 0.3) is 22.9 Å². The molecule has 6 nitrogen and oxygen atoms in total. The molecule has 0 radical (unpaired) electrons. The van der Waals surface area contributed by atoms with Crippen molar-refractivity contribution in [1.29, 1.82) is 5.26 Å². The van der Waals surface area contributed by atoms with E-state index in [9.17, 15) is 10.1 Å². The SMILES string of the molecule is COc1ccc(N/C=c2\c(C)c(C#N)c3nc4ccccc4n3c2=O)cc1Cl. The molecular formula is C21H15ClN4O2. The predicted molar refractivity (Wildman–Crippen MR) is 110 cm³/mol. The lowest BCUT2D eigenvalue weighted by atomic mass is 10.1. The van der Waals surface area contributed by atoms with Crippen molar-refractivity contribution in [3.63, 3.8) is 0 Å². The highest BCUT2D eigenvalue weighted by atomic mass is 35.5. The second kappa shape index (κ2) is 6.87. The number of pyridine rings is 1. The van der Waals surface area contributed by atoms with Crippen LogP contribution < -0.4 is 20.8 Å². The van der Waals surface area contributed by atoms with Gasteiger partial charge in [-0.05, 0) is 42.8 Å². The van der Waals surface area contributed by atoms with Gasteiger partial charge in [-0.25, -0.2) is 4.98 Å². The summed E-state index contributed by atoms with van der Waals surface area (Å²) in [4.78, 5) is 17.6. The van der Waals surface area contributed by atoms with Gasteiger partial charge in [-0.15, -0.1) is 0 Å². The van der Waals surface area contributed by atoms with Gasteiger partial charge in [0.1, 0.15) is 11.8 Å². The molecule has 0 aliphatic carbocycles. The maximum absolute atomic E-state index is 13.2. The number of nitriles is 1. The minimum atomic E-state index is -0.243. The highest BCUT2D eigenvalue weighted by Gasteiger charge is 2.15. The predicted octanol–water partition coefficient (Wildman–Crippen LogP) is 3.26. The molecule has 0 fully saturated rings. The molecule has 4 rings (SSSR count). The van der Waals surface area contributed by atoms with Crippen LogP contribution in [0.4, 0.5) is 5.69 Å². The molecule has 0 spiro atoms. The quantitative estimate of drug-likeness (QED) is 0.580. The maximum Gasteiger partial charge on any atom is 0.265 e.